The van der Waals surface area contributed by atoms with E-state index in [1.807, 2.05) is 0 Å². The molecule has 2 aromatic rings. The predicted octanol–water partition coefficient (Wildman–Crippen LogP) is 3.82. The second kappa shape index (κ2) is 8.24. The molecule has 0 spiro atoms. The van der Waals surface area contributed by atoms with Crippen molar-refractivity contribution in [3.05, 3.63) is 63.8 Å². The zero-order chi connectivity index (χ0) is 19.4. The number of benzene rings is 2. The van der Waals surface area contributed by atoms with Gasteiger partial charge in [0.05, 0.1) is 4.91 Å². The average Bonchev–Trinajstić information content (AvgIpc) is 2.93. The molecule has 0 bridgehead atoms. The van der Waals surface area contributed by atoms with Crippen LogP contribution in [-0.2, 0) is 9.59 Å². The van der Waals surface area contributed by atoms with E-state index in [-0.39, 0.29) is 11.5 Å². The molecule has 1 saturated heterocycles. The third-order valence-corrected chi connectivity index (χ3v) is 4.43. The second-order valence-corrected chi connectivity index (χ2v) is 6.83. The van der Waals surface area contributed by atoms with Crippen LogP contribution in [0.2, 0.25) is 5.02 Å². The van der Waals surface area contributed by atoms with Crippen molar-refractivity contribution in [3.8, 4) is 5.75 Å². The van der Waals surface area contributed by atoms with Gasteiger partial charge in [0.2, 0.25) is 0 Å². The molecule has 27 heavy (non-hydrogen) atoms. The van der Waals surface area contributed by atoms with E-state index in [1.165, 1.54) is 30.3 Å². The quantitative estimate of drug-likeness (QED) is 0.737. The van der Waals surface area contributed by atoms with E-state index >= 15 is 0 Å². The molecular formula is C18H12ClFN2O4S. The van der Waals surface area contributed by atoms with Crippen molar-refractivity contribution in [2.24, 2.45) is 0 Å². The molecule has 0 saturated carbocycles. The number of thioether (sulfide) groups is 1. The fraction of sp³-hybridized carbons (Fsp3) is 0.0556. The number of imide groups is 1. The molecule has 0 aliphatic carbocycles. The predicted molar refractivity (Wildman–Crippen MR) is 101 cm³/mol. The number of carbonyl (C=O) groups excluding carboxylic acids is 3. The number of nitrogens with one attached hydrogen (secondary N) is 2. The number of hydrogen-bond donors (Lipinski definition) is 2. The van der Waals surface area contributed by atoms with Crippen LogP contribution in [0, 0.1) is 5.82 Å². The Hall–Kier alpha value is -2.84. The smallest absolute Gasteiger partial charge is 0.290 e. The van der Waals surface area contributed by atoms with Gasteiger partial charge < -0.3 is 10.1 Å². The van der Waals surface area contributed by atoms with Crippen molar-refractivity contribution in [3.63, 3.8) is 0 Å². The first-order valence-electron chi connectivity index (χ1n) is 7.63. The topological polar surface area (TPSA) is 84.5 Å². The zero-order valence-electron chi connectivity index (χ0n) is 13.6. The summed E-state index contributed by atoms with van der Waals surface area (Å²) in [7, 11) is 0. The van der Waals surface area contributed by atoms with E-state index in [1.54, 1.807) is 18.2 Å². The summed E-state index contributed by atoms with van der Waals surface area (Å²) < 4.78 is 18.4. The summed E-state index contributed by atoms with van der Waals surface area (Å²) in [6, 6.07) is 10.00. The van der Waals surface area contributed by atoms with Gasteiger partial charge in [0.1, 0.15) is 11.6 Å². The van der Waals surface area contributed by atoms with Crippen LogP contribution < -0.4 is 15.4 Å². The molecular weight excluding hydrogens is 395 g/mol. The number of amides is 3. The Bertz CT molecular complexity index is 947. The summed E-state index contributed by atoms with van der Waals surface area (Å²) in [5, 5.41) is 4.67. The van der Waals surface area contributed by atoms with Gasteiger partial charge >= 0.3 is 0 Å². The van der Waals surface area contributed by atoms with Gasteiger partial charge in [-0.3, -0.25) is 19.7 Å². The molecule has 3 rings (SSSR count). The van der Waals surface area contributed by atoms with Crippen LogP contribution in [0.15, 0.2) is 47.4 Å². The van der Waals surface area contributed by atoms with Gasteiger partial charge in [-0.25, -0.2) is 4.39 Å². The standard InChI is InChI=1S/C18H12ClFN2O4S/c19-11-1-6-14(10(7-11)8-15-17(24)22-18(25)27-15)26-9-16(23)21-13-4-2-12(20)3-5-13/h1-8H,9H2,(H,21,23)(H,22,24,25)/b15-8-. The Labute approximate surface area is 162 Å². The molecule has 9 heteroatoms. The minimum atomic E-state index is -0.509. The maximum absolute atomic E-state index is 12.9. The van der Waals surface area contributed by atoms with Crippen molar-refractivity contribution in [2.45, 2.75) is 0 Å². The van der Waals surface area contributed by atoms with E-state index in [9.17, 15) is 18.8 Å². The van der Waals surface area contributed by atoms with Crippen LogP contribution in [0.5, 0.6) is 5.75 Å². The SMILES string of the molecule is O=C(COc1ccc(Cl)cc1/C=C1\SC(=O)NC1=O)Nc1ccc(F)cc1. The number of rotatable bonds is 5. The van der Waals surface area contributed by atoms with Crippen molar-refractivity contribution in [2.75, 3.05) is 11.9 Å². The lowest BCUT2D eigenvalue weighted by atomic mass is 10.2. The molecule has 6 nitrogen and oxygen atoms in total. The van der Waals surface area contributed by atoms with Crippen molar-refractivity contribution in [1.82, 2.24) is 5.32 Å². The fourth-order valence-electron chi connectivity index (χ4n) is 2.20. The highest BCUT2D eigenvalue weighted by Crippen LogP contribution is 2.30. The molecule has 138 valence electrons. The maximum atomic E-state index is 12.9. The lowest BCUT2D eigenvalue weighted by molar-refractivity contribution is -0.118. The van der Waals surface area contributed by atoms with Gasteiger partial charge in [0.25, 0.3) is 17.1 Å². The Kier molecular flexibility index (Phi) is 5.78. The zero-order valence-corrected chi connectivity index (χ0v) is 15.2. The highest BCUT2D eigenvalue weighted by Gasteiger charge is 2.25. The molecule has 0 radical (unpaired) electrons. The number of ether oxygens (including phenoxy) is 1. The molecule has 1 aliphatic heterocycles. The molecule has 0 aromatic heterocycles. The van der Waals surface area contributed by atoms with Gasteiger partial charge in [-0.15, -0.1) is 0 Å². The van der Waals surface area contributed by atoms with Gasteiger partial charge in [-0.1, -0.05) is 11.6 Å². The third kappa shape index (κ3) is 5.08. The first-order valence-corrected chi connectivity index (χ1v) is 8.83. The molecule has 0 unspecified atom stereocenters. The second-order valence-electron chi connectivity index (χ2n) is 5.38. The molecule has 1 aliphatic rings. The number of halogens is 2. The van der Waals surface area contributed by atoms with E-state index in [0.717, 1.165) is 11.8 Å². The summed E-state index contributed by atoms with van der Waals surface area (Å²) in [6.07, 6.45) is 1.46. The van der Waals surface area contributed by atoms with Crippen LogP contribution >= 0.6 is 23.4 Å². The Morgan fingerprint density at radius 1 is 1.22 bits per heavy atom. The molecule has 0 atom stereocenters. The number of hydrogen-bond acceptors (Lipinski definition) is 5. The maximum Gasteiger partial charge on any atom is 0.290 e. The van der Waals surface area contributed by atoms with Gasteiger partial charge in [-0.2, -0.15) is 0 Å². The van der Waals surface area contributed by atoms with Gasteiger partial charge in [0.15, 0.2) is 6.61 Å². The highest BCUT2D eigenvalue weighted by molar-refractivity contribution is 8.18. The van der Waals surface area contributed by atoms with Crippen LogP contribution in [0.1, 0.15) is 5.56 Å². The lowest BCUT2D eigenvalue weighted by Crippen LogP contribution is -2.20. The Balaban J connectivity index is 1.70. The summed E-state index contributed by atoms with van der Waals surface area (Å²) in [4.78, 5) is 35.2. The molecule has 3 amide bonds. The van der Waals surface area contributed by atoms with Gasteiger partial charge in [-0.05, 0) is 60.3 Å². The summed E-state index contributed by atoms with van der Waals surface area (Å²) >= 11 is 6.74. The summed E-state index contributed by atoms with van der Waals surface area (Å²) in [5.74, 6) is -1.05. The van der Waals surface area contributed by atoms with Crippen molar-refractivity contribution < 1.29 is 23.5 Å². The fourth-order valence-corrected chi connectivity index (χ4v) is 3.05. The molecule has 1 heterocycles. The van der Waals surface area contributed by atoms with Gasteiger partial charge in [0, 0.05) is 16.3 Å². The Morgan fingerprint density at radius 2 is 1.96 bits per heavy atom. The first kappa shape index (κ1) is 18.9. The van der Waals surface area contributed by atoms with E-state index in [0.29, 0.717) is 22.0 Å². The minimum absolute atomic E-state index is 0.197. The third-order valence-electron chi connectivity index (χ3n) is 3.39. The summed E-state index contributed by atoms with van der Waals surface area (Å²) in [5.41, 5.74) is 0.880. The van der Waals surface area contributed by atoms with Crippen molar-refractivity contribution in [1.29, 1.82) is 0 Å². The number of anilines is 1. The van der Waals surface area contributed by atoms with Crippen LogP contribution in [0.3, 0.4) is 0 Å². The number of carbonyl (C=O) groups is 3. The van der Waals surface area contributed by atoms with E-state index in [2.05, 4.69) is 10.6 Å². The lowest BCUT2D eigenvalue weighted by Gasteiger charge is -2.10. The summed E-state index contributed by atoms with van der Waals surface area (Å²) in [6.45, 7) is -0.312. The average molecular weight is 407 g/mol. The van der Waals surface area contributed by atoms with Crippen LogP contribution in [0.4, 0.5) is 14.9 Å². The Morgan fingerprint density at radius 3 is 2.63 bits per heavy atom. The first-order chi connectivity index (χ1) is 12.9. The minimum Gasteiger partial charge on any atom is -0.483 e. The van der Waals surface area contributed by atoms with Crippen molar-refractivity contribution >= 4 is 52.2 Å². The van der Waals surface area contributed by atoms with E-state index in [4.69, 9.17) is 16.3 Å². The van der Waals surface area contributed by atoms with Crippen LogP contribution in [-0.4, -0.2) is 23.7 Å². The monoisotopic (exact) mass is 406 g/mol. The highest BCUT2D eigenvalue weighted by atomic mass is 35.5. The normalized spacial score (nSPS) is 15.0. The van der Waals surface area contributed by atoms with Crippen LogP contribution in [0.25, 0.3) is 6.08 Å². The van der Waals surface area contributed by atoms with E-state index < -0.39 is 22.9 Å². The molecule has 1 fully saturated rings. The largest absolute Gasteiger partial charge is 0.483 e. The molecule has 2 aromatic carbocycles. The molecule has 2 N–H and O–H groups in total.